The Hall–Kier alpha value is -4.63. The second-order valence-electron chi connectivity index (χ2n) is 12.0. The number of rotatable bonds is 15. The van der Waals surface area contributed by atoms with Crippen LogP contribution in [0.5, 0.6) is 5.75 Å². The van der Waals surface area contributed by atoms with Crippen molar-refractivity contribution in [2.24, 2.45) is 5.92 Å². The van der Waals surface area contributed by atoms with E-state index in [1.54, 1.807) is 24.3 Å². The molecule has 4 aromatic carbocycles. The number of anilines is 1. The molecular weight excluding hydrogens is 611 g/mol. The van der Waals surface area contributed by atoms with Gasteiger partial charge in [-0.05, 0) is 79.8 Å². The zero-order valence-corrected chi connectivity index (χ0v) is 28.7. The summed E-state index contributed by atoms with van der Waals surface area (Å²) >= 11 is 0. The molecule has 0 aliphatic heterocycles. The number of aryl methyl sites for hydroxylation is 2. The lowest BCUT2D eigenvalue weighted by Crippen LogP contribution is -2.53. The molecule has 248 valence electrons. The van der Waals surface area contributed by atoms with Crippen LogP contribution in [0.3, 0.4) is 0 Å². The lowest BCUT2D eigenvalue weighted by atomic mass is 10.0. The summed E-state index contributed by atoms with van der Waals surface area (Å²) in [5.74, 6) is -0.0391. The molecule has 0 fully saturated rings. The van der Waals surface area contributed by atoms with Gasteiger partial charge in [0.2, 0.25) is 11.8 Å². The topological polar surface area (TPSA) is 96.0 Å². The van der Waals surface area contributed by atoms with Crippen LogP contribution in [0.15, 0.2) is 108 Å². The van der Waals surface area contributed by atoms with Gasteiger partial charge in [0.05, 0.1) is 17.2 Å². The van der Waals surface area contributed by atoms with Crippen LogP contribution in [-0.2, 0) is 32.6 Å². The number of nitrogens with zero attached hydrogens (tertiary/aromatic N) is 2. The highest BCUT2D eigenvalue weighted by molar-refractivity contribution is 7.92. The van der Waals surface area contributed by atoms with Gasteiger partial charge < -0.3 is 15.0 Å². The Morgan fingerprint density at radius 1 is 0.830 bits per heavy atom. The first-order chi connectivity index (χ1) is 22.5. The SMILES string of the molecule is CCOc1ccc(S(=O)(=O)N(CC(=O)N(Cc2ccccc2C)C(Cc2ccccc2)C(=O)NCC(C)C)c2ccc(C)cc2)cc1. The molecule has 0 bridgehead atoms. The molecule has 1 atom stereocenters. The first kappa shape index (κ1) is 35.2. The number of carbonyl (C=O) groups is 2. The summed E-state index contributed by atoms with van der Waals surface area (Å²) in [6.07, 6.45) is 0.262. The van der Waals surface area contributed by atoms with Crippen molar-refractivity contribution in [3.63, 3.8) is 0 Å². The Labute approximate surface area is 279 Å². The van der Waals surface area contributed by atoms with Crippen molar-refractivity contribution in [3.05, 3.63) is 125 Å². The number of carbonyl (C=O) groups excluding carboxylic acids is 2. The molecule has 0 aliphatic carbocycles. The number of hydrogen-bond donors (Lipinski definition) is 1. The third-order valence-electron chi connectivity index (χ3n) is 7.88. The molecule has 0 saturated carbocycles. The largest absolute Gasteiger partial charge is 0.494 e. The smallest absolute Gasteiger partial charge is 0.264 e. The molecule has 4 aromatic rings. The molecule has 4 rings (SSSR count). The zero-order valence-electron chi connectivity index (χ0n) is 27.8. The lowest BCUT2D eigenvalue weighted by molar-refractivity contribution is -0.140. The minimum atomic E-state index is -4.20. The van der Waals surface area contributed by atoms with E-state index >= 15 is 0 Å². The molecular formula is C38H45N3O5S. The van der Waals surface area contributed by atoms with Gasteiger partial charge in [-0.15, -0.1) is 0 Å². The van der Waals surface area contributed by atoms with Crippen LogP contribution < -0.4 is 14.4 Å². The predicted octanol–water partition coefficient (Wildman–Crippen LogP) is 6.31. The molecule has 2 amide bonds. The van der Waals surface area contributed by atoms with Crippen LogP contribution in [0.2, 0.25) is 0 Å². The maximum absolute atomic E-state index is 14.6. The Kier molecular flexibility index (Phi) is 12.2. The van der Waals surface area contributed by atoms with Crippen LogP contribution >= 0.6 is 0 Å². The van der Waals surface area contributed by atoms with Crippen molar-refractivity contribution in [3.8, 4) is 5.75 Å². The van der Waals surface area contributed by atoms with Crippen molar-refractivity contribution in [2.45, 2.75) is 58.5 Å². The summed E-state index contributed by atoms with van der Waals surface area (Å²) in [4.78, 5) is 30.1. The maximum atomic E-state index is 14.6. The summed E-state index contributed by atoms with van der Waals surface area (Å²) in [5, 5.41) is 3.02. The molecule has 0 aromatic heterocycles. The highest BCUT2D eigenvalue weighted by Gasteiger charge is 2.35. The molecule has 0 aliphatic rings. The van der Waals surface area contributed by atoms with Gasteiger partial charge in [0.1, 0.15) is 18.3 Å². The van der Waals surface area contributed by atoms with Crippen molar-refractivity contribution >= 4 is 27.5 Å². The lowest BCUT2D eigenvalue weighted by Gasteiger charge is -2.34. The second kappa shape index (κ2) is 16.3. The Morgan fingerprint density at radius 3 is 2.09 bits per heavy atom. The summed E-state index contributed by atoms with van der Waals surface area (Å²) in [7, 11) is -4.20. The highest BCUT2D eigenvalue weighted by Crippen LogP contribution is 2.27. The van der Waals surface area contributed by atoms with Crippen molar-refractivity contribution in [2.75, 3.05) is 24.0 Å². The van der Waals surface area contributed by atoms with Crippen LogP contribution in [0.4, 0.5) is 5.69 Å². The summed E-state index contributed by atoms with van der Waals surface area (Å²) < 4.78 is 35.2. The van der Waals surface area contributed by atoms with Crippen molar-refractivity contribution < 1.29 is 22.7 Å². The monoisotopic (exact) mass is 655 g/mol. The molecule has 0 heterocycles. The first-order valence-corrected chi connectivity index (χ1v) is 17.4. The Bertz CT molecular complexity index is 1720. The average Bonchev–Trinajstić information content (AvgIpc) is 3.06. The highest BCUT2D eigenvalue weighted by atomic mass is 32.2. The van der Waals surface area contributed by atoms with E-state index in [1.165, 1.54) is 17.0 Å². The predicted molar refractivity (Wildman–Crippen MR) is 187 cm³/mol. The van der Waals surface area contributed by atoms with E-state index in [1.807, 2.05) is 101 Å². The van der Waals surface area contributed by atoms with Crippen LogP contribution in [0, 0.1) is 19.8 Å². The van der Waals surface area contributed by atoms with Gasteiger partial charge in [0.25, 0.3) is 10.0 Å². The van der Waals surface area contributed by atoms with Crippen LogP contribution in [-0.4, -0.2) is 50.9 Å². The van der Waals surface area contributed by atoms with Crippen molar-refractivity contribution in [1.82, 2.24) is 10.2 Å². The van der Waals surface area contributed by atoms with Crippen molar-refractivity contribution in [1.29, 1.82) is 0 Å². The molecule has 8 nitrogen and oxygen atoms in total. The fraction of sp³-hybridized carbons (Fsp3) is 0.316. The number of benzene rings is 4. The van der Waals surface area contributed by atoms with E-state index in [4.69, 9.17) is 4.74 Å². The number of ether oxygens (including phenoxy) is 1. The summed E-state index contributed by atoms with van der Waals surface area (Å²) in [6.45, 7) is 10.2. The second-order valence-corrected chi connectivity index (χ2v) is 13.9. The number of hydrogen-bond acceptors (Lipinski definition) is 5. The normalized spacial score (nSPS) is 12.0. The van der Waals surface area contributed by atoms with E-state index < -0.39 is 28.5 Å². The minimum absolute atomic E-state index is 0.0234. The number of sulfonamides is 1. The molecule has 0 saturated heterocycles. The first-order valence-electron chi connectivity index (χ1n) is 16.0. The standard InChI is InChI=1S/C38H45N3O5S/c1-6-46-34-20-22-35(23-21-34)47(44,45)41(33-18-16-29(4)17-19-33)27-37(42)40(26-32-15-11-10-12-30(32)5)36(38(43)39-25-28(2)3)24-31-13-8-7-9-14-31/h7-23,28,36H,6,24-27H2,1-5H3,(H,39,43). The van der Waals surface area contributed by atoms with Gasteiger partial charge in [0, 0.05) is 19.5 Å². The van der Waals surface area contributed by atoms with Gasteiger partial charge in [-0.3, -0.25) is 13.9 Å². The fourth-order valence-corrected chi connectivity index (χ4v) is 6.60. The third-order valence-corrected chi connectivity index (χ3v) is 9.67. The van der Waals surface area contributed by atoms with E-state index in [0.29, 0.717) is 24.6 Å². The Balaban J connectivity index is 1.79. The molecule has 0 spiro atoms. The molecule has 47 heavy (non-hydrogen) atoms. The van der Waals surface area contributed by atoms with E-state index in [2.05, 4.69) is 5.32 Å². The Morgan fingerprint density at radius 2 is 1.47 bits per heavy atom. The molecule has 0 radical (unpaired) electrons. The molecule has 1 N–H and O–H groups in total. The minimum Gasteiger partial charge on any atom is -0.494 e. The quantitative estimate of drug-likeness (QED) is 0.162. The van der Waals surface area contributed by atoms with Gasteiger partial charge in [-0.25, -0.2) is 8.42 Å². The van der Waals surface area contributed by atoms with E-state index in [-0.39, 0.29) is 29.7 Å². The fourth-order valence-electron chi connectivity index (χ4n) is 5.19. The number of nitrogens with one attached hydrogen (secondary N) is 1. The molecule has 1 unspecified atom stereocenters. The van der Waals surface area contributed by atoms with E-state index in [0.717, 1.165) is 26.6 Å². The van der Waals surface area contributed by atoms with E-state index in [9.17, 15) is 18.0 Å². The van der Waals surface area contributed by atoms with Crippen LogP contribution in [0.25, 0.3) is 0 Å². The molecule has 9 heteroatoms. The maximum Gasteiger partial charge on any atom is 0.264 e. The van der Waals surface area contributed by atoms with Gasteiger partial charge >= 0.3 is 0 Å². The number of amides is 2. The third kappa shape index (κ3) is 9.45. The van der Waals surface area contributed by atoms with Gasteiger partial charge in [-0.1, -0.05) is 86.1 Å². The zero-order chi connectivity index (χ0) is 34.0. The van der Waals surface area contributed by atoms with Gasteiger partial charge in [0.15, 0.2) is 0 Å². The van der Waals surface area contributed by atoms with Crippen LogP contribution in [0.1, 0.15) is 43.0 Å². The van der Waals surface area contributed by atoms with Gasteiger partial charge in [-0.2, -0.15) is 0 Å². The summed E-state index contributed by atoms with van der Waals surface area (Å²) in [5.41, 5.74) is 4.01. The summed E-state index contributed by atoms with van der Waals surface area (Å²) in [6, 6.07) is 29.5. The average molecular weight is 656 g/mol.